The van der Waals surface area contributed by atoms with Gasteiger partial charge in [0.05, 0.1) is 31.0 Å². The number of aromatic nitrogens is 1. The van der Waals surface area contributed by atoms with Gasteiger partial charge in [-0.2, -0.15) is 0 Å². The van der Waals surface area contributed by atoms with E-state index in [-0.39, 0.29) is 5.91 Å². The van der Waals surface area contributed by atoms with Crippen molar-refractivity contribution in [1.82, 2.24) is 4.98 Å². The van der Waals surface area contributed by atoms with E-state index in [1.54, 1.807) is 26.4 Å². The minimum Gasteiger partial charge on any atom is -0.497 e. The maximum atomic E-state index is 13.3. The fourth-order valence-corrected chi connectivity index (χ4v) is 3.55. The molecule has 0 saturated heterocycles. The van der Waals surface area contributed by atoms with Crippen molar-refractivity contribution >= 4 is 28.2 Å². The van der Waals surface area contributed by atoms with Crippen LogP contribution in [0.15, 0.2) is 72.8 Å². The number of anilines is 2. The topological polar surface area (TPSA) is 63.7 Å². The van der Waals surface area contributed by atoms with Crippen LogP contribution in [-0.2, 0) is 0 Å². The van der Waals surface area contributed by atoms with Gasteiger partial charge in [-0.1, -0.05) is 18.2 Å². The van der Waals surface area contributed by atoms with Crippen LogP contribution in [-0.4, -0.2) is 39.2 Å². The molecule has 0 bridgehead atoms. The molecule has 3 aromatic carbocycles. The Morgan fingerprint density at radius 3 is 2.34 bits per heavy atom. The smallest absolute Gasteiger partial charge is 0.256 e. The third kappa shape index (κ3) is 4.21. The average Bonchev–Trinajstić information content (AvgIpc) is 2.83. The van der Waals surface area contributed by atoms with Crippen molar-refractivity contribution in [2.24, 2.45) is 0 Å². The van der Waals surface area contributed by atoms with Gasteiger partial charge in [0.25, 0.3) is 5.91 Å². The Kier molecular flexibility index (Phi) is 5.94. The number of methoxy groups -OCH3 is 2. The highest BCUT2D eigenvalue weighted by Crippen LogP contribution is 2.34. The van der Waals surface area contributed by atoms with Gasteiger partial charge in [0.2, 0.25) is 0 Å². The molecule has 0 aliphatic heterocycles. The molecule has 6 heteroatoms. The number of hydrogen-bond acceptors (Lipinski definition) is 5. The first-order valence-corrected chi connectivity index (χ1v) is 10.2. The van der Waals surface area contributed by atoms with Gasteiger partial charge in [-0.05, 0) is 48.5 Å². The summed E-state index contributed by atoms with van der Waals surface area (Å²) in [5.74, 6) is 1.11. The van der Waals surface area contributed by atoms with Gasteiger partial charge in [-0.3, -0.25) is 4.79 Å². The molecule has 0 aliphatic rings. The highest BCUT2D eigenvalue weighted by Gasteiger charge is 2.17. The Morgan fingerprint density at radius 1 is 0.906 bits per heavy atom. The van der Waals surface area contributed by atoms with Crippen LogP contribution in [0.3, 0.4) is 0 Å². The molecule has 1 heterocycles. The number of nitrogens with one attached hydrogen (secondary N) is 1. The van der Waals surface area contributed by atoms with E-state index in [0.717, 1.165) is 27.8 Å². The first-order valence-electron chi connectivity index (χ1n) is 10.2. The molecule has 162 valence electrons. The molecular weight excluding hydrogens is 402 g/mol. The van der Waals surface area contributed by atoms with Crippen molar-refractivity contribution in [3.63, 3.8) is 0 Å². The van der Waals surface area contributed by atoms with Crippen molar-refractivity contribution < 1.29 is 14.3 Å². The van der Waals surface area contributed by atoms with Crippen molar-refractivity contribution in [2.75, 3.05) is 38.5 Å². The van der Waals surface area contributed by atoms with E-state index in [1.165, 1.54) is 0 Å². The summed E-state index contributed by atoms with van der Waals surface area (Å²) in [6.45, 7) is 0. The third-order valence-corrected chi connectivity index (χ3v) is 5.29. The van der Waals surface area contributed by atoms with Crippen molar-refractivity contribution in [3.05, 3.63) is 78.4 Å². The first-order chi connectivity index (χ1) is 15.5. The standard InChI is InChI=1S/C26H25N3O3/c1-29(2)18-11-9-17(10-12-18)27-26(30)22-16-24(28-23-8-6-5-7-20(22)23)21-14-13-19(31-3)15-25(21)32-4/h5-16H,1-4H3,(H,27,30). The van der Waals surface area contributed by atoms with E-state index in [1.807, 2.05) is 79.7 Å². The summed E-state index contributed by atoms with van der Waals surface area (Å²) in [6.07, 6.45) is 0. The maximum absolute atomic E-state index is 13.3. The minimum absolute atomic E-state index is 0.199. The van der Waals surface area contributed by atoms with E-state index < -0.39 is 0 Å². The number of ether oxygens (including phenoxy) is 2. The molecule has 0 fully saturated rings. The van der Waals surface area contributed by atoms with Crippen LogP contribution in [0.2, 0.25) is 0 Å². The summed E-state index contributed by atoms with van der Waals surface area (Å²) >= 11 is 0. The molecule has 4 aromatic rings. The lowest BCUT2D eigenvalue weighted by molar-refractivity contribution is 0.102. The Hall–Kier alpha value is -4.06. The summed E-state index contributed by atoms with van der Waals surface area (Å²) in [4.78, 5) is 20.1. The highest BCUT2D eigenvalue weighted by atomic mass is 16.5. The molecule has 0 unspecified atom stereocenters. The molecule has 0 atom stereocenters. The number of carbonyl (C=O) groups is 1. The zero-order chi connectivity index (χ0) is 22.7. The van der Waals surface area contributed by atoms with E-state index in [4.69, 9.17) is 14.5 Å². The number of rotatable bonds is 6. The maximum Gasteiger partial charge on any atom is 0.256 e. The number of carbonyl (C=O) groups excluding carboxylic acids is 1. The van der Waals surface area contributed by atoms with Gasteiger partial charge in [0.1, 0.15) is 11.5 Å². The van der Waals surface area contributed by atoms with Crippen molar-refractivity contribution in [1.29, 1.82) is 0 Å². The molecule has 1 aromatic heterocycles. The van der Waals surface area contributed by atoms with E-state index in [0.29, 0.717) is 22.8 Å². The Bertz CT molecular complexity index is 1270. The highest BCUT2D eigenvalue weighted by molar-refractivity contribution is 6.13. The Morgan fingerprint density at radius 2 is 1.66 bits per heavy atom. The SMILES string of the molecule is COc1ccc(-c2cc(C(=O)Nc3ccc(N(C)C)cc3)c3ccccc3n2)c(OC)c1. The zero-order valence-corrected chi connectivity index (χ0v) is 18.5. The molecule has 0 aliphatic carbocycles. The molecule has 1 N–H and O–H groups in total. The second kappa shape index (κ2) is 8.98. The fourth-order valence-electron chi connectivity index (χ4n) is 3.55. The third-order valence-electron chi connectivity index (χ3n) is 5.29. The molecule has 4 rings (SSSR count). The van der Waals surface area contributed by atoms with E-state index >= 15 is 0 Å². The monoisotopic (exact) mass is 427 g/mol. The molecule has 1 amide bonds. The van der Waals surface area contributed by atoms with Gasteiger partial charge in [-0.25, -0.2) is 4.98 Å². The molecule has 0 radical (unpaired) electrons. The number of pyridine rings is 1. The van der Waals surface area contributed by atoms with Crippen LogP contribution in [0, 0.1) is 0 Å². The number of para-hydroxylation sites is 1. The van der Waals surface area contributed by atoms with E-state index in [2.05, 4.69) is 5.32 Å². The second-order valence-corrected chi connectivity index (χ2v) is 7.53. The number of benzene rings is 3. The predicted octanol–water partition coefficient (Wildman–Crippen LogP) is 5.24. The lowest BCUT2D eigenvalue weighted by Gasteiger charge is -2.14. The lowest BCUT2D eigenvalue weighted by Crippen LogP contribution is -2.13. The summed E-state index contributed by atoms with van der Waals surface area (Å²) in [5.41, 5.74) is 4.49. The molecule has 6 nitrogen and oxygen atoms in total. The van der Waals surface area contributed by atoms with Crippen LogP contribution in [0.4, 0.5) is 11.4 Å². The zero-order valence-electron chi connectivity index (χ0n) is 18.5. The van der Waals surface area contributed by atoms with Crippen LogP contribution in [0.5, 0.6) is 11.5 Å². The predicted molar refractivity (Wildman–Crippen MR) is 129 cm³/mol. The van der Waals surface area contributed by atoms with Gasteiger partial charge < -0.3 is 19.7 Å². The van der Waals surface area contributed by atoms with Crippen molar-refractivity contribution in [3.8, 4) is 22.8 Å². The molecule has 0 spiro atoms. The van der Waals surface area contributed by atoms with Crippen LogP contribution in [0.1, 0.15) is 10.4 Å². The Labute approximate surface area is 187 Å². The number of hydrogen-bond donors (Lipinski definition) is 1. The van der Waals surface area contributed by atoms with Gasteiger partial charge in [0, 0.05) is 42.5 Å². The molecule has 32 heavy (non-hydrogen) atoms. The van der Waals surface area contributed by atoms with Gasteiger partial charge >= 0.3 is 0 Å². The van der Waals surface area contributed by atoms with Crippen LogP contribution < -0.4 is 19.7 Å². The molecule has 0 saturated carbocycles. The van der Waals surface area contributed by atoms with Crippen molar-refractivity contribution in [2.45, 2.75) is 0 Å². The Balaban J connectivity index is 1.77. The largest absolute Gasteiger partial charge is 0.497 e. The van der Waals surface area contributed by atoms with Gasteiger partial charge in [0.15, 0.2) is 0 Å². The summed E-state index contributed by atoms with van der Waals surface area (Å²) in [6, 6.07) is 22.7. The number of nitrogens with zero attached hydrogens (tertiary/aromatic N) is 2. The first kappa shape index (κ1) is 21.2. The van der Waals surface area contributed by atoms with Crippen LogP contribution in [0.25, 0.3) is 22.2 Å². The summed E-state index contributed by atoms with van der Waals surface area (Å²) in [5, 5.41) is 3.79. The van der Waals surface area contributed by atoms with E-state index in [9.17, 15) is 4.79 Å². The summed E-state index contributed by atoms with van der Waals surface area (Å²) in [7, 11) is 7.16. The lowest BCUT2D eigenvalue weighted by atomic mass is 10.0. The minimum atomic E-state index is -0.199. The van der Waals surface area contributed by atoms with Gasteiger partial charge in [-0.15, -0.1) is 0 Å². The normalized spacial score (nSPS) is 10.6. The quantitative estimate of drug-likeness (QED) is 0.456. The second-order valence-electron chi connectivity index (χ2n) is 7.53. The van der Waals surface area contributed by atoms with Crippen LogP contribution >= 0.6 is 0 Å². The number of fused-ring (bicyclic) bond motifs is 1. The average molecular weight is 428 g/mol. The fraction of sp³-hybridized carbons (Fsp3) is 0.154. The summed E-state index contributed by atoms with van der Waals surface area (Å²) < 4.78 is 10.9. The molecular formula is C26H25N3O3. The number of amides is 1.